The SMILES string of the molecule is CNCCOC(=O)/C=C/C(=O)OC. The lowest BCUT2D eigenvalue weighted by Crippen LogP contribution is -2.16. The zero-order valence-corrected chi connectivity index (χ0v) is 7.70. The molecule has 0 heterocycles. The average molecular weight is 187 g/mol. The van der Waals surface area contributed by atoms with Crippen molar-refractivity contribution in [1.29, 1.82) is 0 Å². The summed E-state index contributed by atoms with van der Waals surface area (Å²) in [6.07, 6.45) is 2.04. The molecule has 0 aromatic heterocycles. The Morgan fingerprint density at radius 1 is 1.31 bits per heavy atom. The number of carbonyl (C=O) groups is 2. The molecule has 0 aromatic carbocycles. The van der Waals surface area contributed by atoms with Gasteiger partial charge in [0.1, 0.15) is 6.61 Å². The van der Waals surface area contributed by atoms with Crippen molar-refractivity contribution in [3.05, 3.63) is 12.2 Å². The molecule has 5 nitrogen and oxygen atoms in total. The van der Waals surface area contributed by atoms with Gasteiger partial charge in [0.25, 0.3) is 0 Å². The molecule has 0 aliphatic rings. The molecule has 1 N–H and O–H groups in total. The second-order valence-corrected chi connectivity index (χ2v) is 2.13. The van der Waals surface area contributed by atoms with E-state index < -0.39 is 11.9 Å². The lowest BCUT2D eigenvalue weighted by atomic mass is 10.5. The van der Waals surface area contributed by atoms with E-state index in [1.807, 2.05) is 0 Å². The minimum Gasteiger partial charge on any atom is -0.466 e. The Labute approximate surface area is 76.7 Å². The molecule has 0 aliphatic carbocycles. The third-order valence-electron chi connectivity index (χ3n) is 1.15. The van der Waals surface area contributed by atoms with E-state index in [0.717, 1.165) is 12.2 Å². The van der Waals surface area contributed by atoms with Crippen LogP contribution in [0.25, 0.3) is 0 Å². The largest absolute Gasteiger partial charge is 0.466 e. The minimum atomic E-state index is -0.578. The summed E-state index contributed by atoms with van der Waals surface area (Å²) < 4.78 is 8.96. The molecule has 0 bridgehead atoms. The molecule has 0 rings (SSSR count). The Balaban J connectivity index is 3.61. The molecule has 0 amide bonds. The highest BCUT2D eigenvalue weighted by Crippen LogP contribution is 1.83. The standard InChI is InChI=1S/C8H13NO4/c1-9-5-6-13-8(11)4-3-7(10)12-2/h3-4,9H,5-6H2,1-2H3/b4-3+. The topological polar surface area (TPSA) is 64.6 Å². The molecule has 0 fully saturated rings. The summed E-state index contributed by atoms with van der Waals surface area (Å²) in [6.45, 7) is 0.860. The Morgan fingerprint density at radius 3 is 2.46 bits per heavy atom. The van der Waals surface area contributed by atoms with E-state index in [4.69, 9.17) is 0 Å². The molecule has 0 aromatic rings. The van der Waals surface area contributed by atoms with Gasteiger partial charge in [-0.15, -0.1) is 0 Å². The molecule has 0 saturated heterocycles. The van der Waals surface area contributed by atoms with E-state index in [1.54, 1.807) is 7.05 Å². The van der Waals surface area contributed by atoms with Crippen molar-refractivity contribution in [2.45, 2.75) is 0 Å². The molecular weight excluding hydrogens is 174 g/mol. The third-order valence-corrected chi connectivity index (χ3v) is 1.15. The Bertz CT molecular complexity index is 200. The number of carbonyl (C=O) groups excluding carboxylic acids is 2. The number of hydrogen-bond acceptors (Lipinski definition) is 5. The van der Waals surface area contributed by atoms with E-state index in [-0.39, 0.29) is 6.61 Å². The summed E-state index contributed by atoms with van der Waals surface area (Å²) in [5.41, 5.74) is 0. The van der Waals surface area contributed by atoms with Crippen LogP contribution in [-0.4, -0.2) is 39.2 Å². The van der Waals surface area contributed by atoms with E-state index in [0.29, 0.717) is 6.54 Å². The fourth-order valence-electron chi connectivity index (χ4n) is 0.506. The second kappa shape index (κ2) is 7.30. The van der Waals surface area contributed by atoms with Crippen LogP contribution >= 0.6 is 0 Å². The van der Waals surface area contributed by atoms with Gasteiger partial charge in [0.2, 0.25) is 0 Å². The van der Waals surface area contributed by atoms with Gasteiger partial charge in [0.05, 0.1) is 7.11 Å². The molecule has 0 atom stereocenters. The van der Waals surface area contributed by atoms with Crippen LogP contribution in [-0.2, 0) is 19.1 Å². The molecule has 13 heavy (non-hydrogen) atoms. The predicted octanol–water partition coefficient (Wildman–Crippen LogP) is -0.522. The quantitative estimate of drug-likeness (QED) is 0.356. The van der Waals surface area contributed by atoms with Crippen LogP contribution in [0.2, 0.25) is 0 Å². The zero-order chi connectivity index (χ0) is 10.1. The van der Waals surface area contributed by atoms with Gasteiger partial charge in [0, 0.05) is 18.7 Å². The summed E-state index contributed by atoms with van der Waals surface area (Å²) in [5, 5.41) is 2.81. The predicted molar refractivity (Wildman–Crippen MR) is 46.0 cm³/mol. The van der Waals surface area contributed by atoms with Crippen molar-refractivity contribution in [3.8, 4) is 0 Å². The minimum absolute atomic E-state index is 0.279. The van der Waals surface area contributed by atoms with Crippen LogP contribution in [0, 0.1) is 0 Å². The van der Waals surface area contributed by atoms with Crippen molar-refractivity contribution < 1.29 is 19.1 Å². The average Bonchev–Trinajstić information content (AvgIpc) is 2.14. The number of methoxy groups -OCH3 is 1. The number of ether oxygens (including phenoxy) is 2. The monoisotopic (exact) mass is 187 g/mol. The molecule has 0 unspecified atom stereocenters. The number of esters is 2. The first-order valence-corrected chi connectivity index (χ1v) is 3.78. The van der Waals surface area contributed by atoms with Gasteiger partial charge in [-0.2, -0.15) is 0 Å². The summed E-state index contributed by atoms with van der Waals surface area (Å²) in [5.74, 6) is -1.13. The van der Waals surface area contributed by atoms with E-state index in [9.17, 15) is 9.59 Å². The van der Waals surface area contributed by atoms with Crippen LogP contribution in [0.4, 0.5) is 0 Å². The number of likely N-dealkylation sites (N-methyl/N-ethyl adjacent to an activating group) is 1. The van der Waals surface area contributed by atoms with Crippen molar-refractivity contribution in [2.24, 2.45) is 0 Å². The number of hydrogen-bond donors (Lipinski definition) is 1. The first kappa shape index (κ1) is 11.6. The number of nitrogens with one attached hydrogen (secondary N) is 1. The third kappa shape index (κ3) is 7.02. The first-order chi connectivity index (χ1) is 6.20. The molecular formula is C8H13NO4. The van der Waals surface area contributed by atoms with Crippen molar-refractivity contribution >= 4 is 11.9 Å². The van der Waals surface area contributed by atoms with Gasteiger partial charge in [-0.05, 0) is 7.05 Å². The lowest BCUT2D eigenvalue weighted by molar-refractivity contribution is -0.139. The smallest absolute Gasteiger partial charge is 0.331 e. The van der Waals surface area contributed by atoms with E-state index in [1.165, 1.54) is 7.11 Å². The van der Waals surface area contributed by atoms with Crippen molar-refractivity contribution in [1.82, 2.24) is 5.32 Å². The van der Waals surface area contributed by atoms with Crippen LogP contribution in [0.3, 0.4) is 0 Å². The van der Waals surface area contributed by atoms with Crippen LogP contribution in [0.1, 0.15) is 0 Å². The van der Waals surface area contributed by atoms with Crippen molar-refractivity contribution in [3.63, 3.8) is 0 Å². The molecule has 0 saturated carbocycles. The Morgan fingerprint density at radius 2 is 1.92 bits per heavy atom. The first-order valence-electron chi connectivity index (χ1n) is 3.78. The van der Waals surface area contributed by atoms with Gasteiger partial charge in [-0.25, -0.2) is 9.59 Å². The fraction of sp³-hybridized carbons (Fsp3) is 0.500. The molecule has 0 aliphatic heterocycles. The van der Waals surface area contributed by atoms with E-state index >= 15 is 0 Å². The number of rotatable bonds is 5. The van der Waals surface area contributed by atoms with Gasteiger partial charge < -0.3 is 14.8 Å². The maximum absolute atomic E-state index is 10.8. The fourth-order valence-corrected chi connectivity index (χ4v) is 0.506. The van der Waals surface area contributed by atoms with Gasteiger partial charge in [0.15, 0.2) is 0 Å². The van der Waals surface area contributed by atoms with Gasteiger partial charge >= 0.3 is 11.9 Å². The second-order valence-electron chi connectivity index (χ2n) is 2.13. The molecule has 5 heteroatoms. The zero-order valence-electron chi connectivity index (χ0n) is 7.70. The summed E-state index contributed by atoms with van der Waals surface area (Å²) in [6, 6.07) is 0. The molecule has 74 valence electrons. The molecule has 0 radical (unpaired) electrons. The van der Waals surface area contributed by atoms with Crippen LogP contribution in [0.15, 0.2) is 12.2 Å². The van der Waals surface area contributed by atoms with E-state index in [2.05, 4.69) is 14.8 Å². The summed E-state index contributed by atoms with van der Waals surface area (Å²) in [7, 11) is 2.98. The lowest BCUT2D eigenvalue weighted by Gasteiger charge is -1.99. The normalized spacial score (nSPS) is 10.0. The van der Waals surface area contributed by atoms with Gasteiger partial charge in [-0.1, -0.05) is 0 Å². The van der Waals surface area contributed by atoms with Gasteiger partial charge in [-0.3, -0.25) is 0 Å². The highest BCUT2D eigenvalue weighted by molar-refractivity contribution is 5.91. The van der Waals surface area contributed by atoms with Crippen molar-refractivity contribution in [2.75, 3.05) is 27.3 Å². The Kier molecular flexibility index (Phi) is 6.53. The molecule has 0 spiro atoms. The maximum Gasteiger partial charge on any atom is 0.331 e. The van der Waals surface area contributed by atoms with Crippen LogP contribution in [0.5, 0.6) is 0 Å². The highest BCUT2D eigenvalue weighted by Gasteiger charge is 1.97. The maximum atomic E-state index is 10.8. The Hall–Kier alpha value is -1.36. The summed E-state index contributed by atoms with van der Waals surface area (Å²) in [4.78, 5) is 21.3. The highest BCUT2D eigenvalue weighted by atomic mass is 16.5. The van der Waals surface area contributed by atoms with Crippen LogP contribution < -0.4 is 5.32 Å². The summed E-state index contributed by atoms with van der Waals surface area (Å²) >= 11 is 0.